The van der Waals surface area contributed by atoms with E-state index in [1.165, 1.54) is 5.56 Å². The molecule has 4 N–H and O–H groups in total. The van der Waals surface area contributed by atoms with Crippen molar-refractivity contribution >= 4 is 11.6 Å². The number of para-hydroxylation sites is 2. The van der Waals surface area contributed by atoms with Gasteiger partial charge in [-0.25, -0.2) is 10.9 Å². The van der Waals surface area contributed by atoms with Gasteiger partial charge in [0.2, 0.25) is 5.91 Å². The third-order valence-electron chi connectivity index (χ3n) is 3.97. The summed E-state index contributed by atoms with van der Waals surface area (Å²) in [5.41, 5.74) is 9.28. The molecule has 126 valence electrons. The van der Waals surface area contributed by atoms with Crippen LogP contribution in [0.25, 0.3) is 0 Å². The molecule has 2 aromatic rings. The minimum Gasteiger partial charge on any atom is -0.495 e. The van der Waals surface area contributed by atoms with Gasteiger partial charge in [0.05, 0.1) is 12.8 Å². The summed E-state index contributed by atoms with van der Waals surface area (Å²) >= 11 is 0. The van der Waals surface area contributed by atoms with Gasteiger partial charge in [0.25, 0.3) is 0 Å². The van der Waals surface area contributed by atoms with Crippen molar-refractivity contribution in [2.75, 3.05) is 12.4 Å². The summed E-state index contributed by atoms with van der Waals surface area (Å²) in [6, 6.07) is 15.4. The largest absolute Gasteiger partial charge is 0.495 e. The molecule has 0 saturated carbocycles. The first-order valence-corrected chi connectivity index (χ1v) is 7.92. The summed E-state index contributed by atoms with van der Waals surface area (Å²) in [5.74, 6) is 0.664. The van der Waals surface area contributed by atoms with Crippen LogP contribution in [-0.2, 0) is 11.2 Å². The Bertz CT molecular complexity index is 702. The molecule has 1 aliphatic rings. The van der Waals surface area contributed by atoms with Crippen LogP contribution >= 0.6 is 0 Å². The number of anilines is 1. The predicted molar refractivity (Wildman–Crippen MR) is 93.5 cm³/mol. The molecule has 0 aromatic heterocycles. The lowest BCUT2D eigenvalue weighted by molar-refractivity contribution is -0.126. The fourth-order valence-corrected chi connectivity index (χ4v) is 2.62. The quantitative estimate of drug-likeness (QED) is 0.671. The van der Waals surface area contributed by atoms with Crippen LogP contribution in [-0.4, -0.2) is 25.3 Å². The van der Waals surface area contributed by atoms with Crippen molar-refractivity contribution in [1.82, 2.24) is 16.2 Å². The van der Waals surface area contributed by atoms with Gasteiger partial charge in [-0.3, -0.25) is 4.79 Å². The van der Waals surface area contributed by atoms with Crippen LogP contribution in [0.15, 0.2) is 48.5 Å². The third-order valence-corrected chi connectivity index (χ3v) is 3.97. The first-order chi connectivity index (χ1) is 11.7. The fraction of sp³-hybridized carbons (Fsp3) is 0.278. The lowest BCUT2D eigenvalue weighted by Crippen LogP contribution is -2.68. The van der Waals surface area contributed by atoms with Crippen LogP contribution in [0.3, 0.4) is 0 Å². The molecule has 1 saturated heterocycles. The Morgan fingerprint density at radius 2 is 1.83 bits per heavy atom. The molecular formula is C18H22N4O2. The van der Waals surface area contributed by atoms with E-state index in [9.17, 15) is 4.79 Å². The van der Waals surface area contributed by atoms with Gasteiger partial charge < -0.3 is 15.4 Å². The summed E-state index contributed by atoms with van der Waals surface area (Å²) in [7, 11) is 1.61. The maximum Gasteiger partial charge on any atom is 0.241 e. The molecule has 0 spiro atoms. The SMILES string of the molecule is COc1ccccc1NC1NNC(Cc2ccc(C)cc2)C(=O)N1. The Kier molecular flexibility index (Phi) is 4.98. The number of hydrogen-bond donors (Lipinski definition) is 4. The molecule has 6 nitrogen and oxygen atoms in total. The average Bonchev–Trinajstić information content (AvgIpc) is 2.60. The maximum atomic E-state index is 12.3. The highest BCUT2D eigenvalue weighted by atomic mass is 16.5. The molecular weight excluding hydrogens is 304 g/mol. The van der Waals surface area contributed by atoms with Crippen LogP contribution in [0.5, 0.6) is 5.75 Å². The molecule has 1 heterocycles. The first-order valence-electron chi connectivity index (χ1n) is 7.92. The Labute approximate surface area is 141 Å². The van der Waals surface area contributed by atoms with Crippen LogP contribution in [0, 0.1) is 6.92 Å². The van der Waals surface area contributed by atoms with Gasteiger partial charge in [0.1, 0.15) is 11.8 Å². The molecule has 1 fully saturated rings. The van der Waals surface area contributed by atoms with E-state index in [1.807, 2.05) is 43.3 Å². The van der Waals surface area contributed by atoms with Gasteiger partial charge in [0.15, 0.2) is 6.29 Å². The summed E-state index contributed by atoms with van der Waals surface area (Å²) in [6.07, 6.45) is 0.212. The lowest BCUT2D eigenvalue weighted by Gasteiger charge is -2.32. The van der Waals surface area contributed by atoms with Gasteiger partial charge in [-0.15, -0.1) is 0 Å². The second-order valence-electron chi connectivity index (χ2n) is 5.82. The minimum atomic E-state index is -0.414. The second kappa shape index (κ2) is 7.33. The van der Waals surface area contributed by atoms with Crippen molar-refractivity contribution in [2.24, 2.45) is 0 Å². The number of carbonyl (C=O) groups excluding carboxylic acids is 1. The summed E-state index contributed by atoms with van der Waals surface area (Å²) in [5, 5.41) is 6.11. The molecule has 0 aliphatic carbocycles. The normalized spacial score (nSPS) is 20.3. The van der Waals surface area contributed by atoms with E-state index >= 15 is 0 Å². The number of ether oxygens (including phenoxy) is 1. The van der Waals surface area contributed by atoms with Crippen LogP contribution < -0.4 is 26.2 Å². The number of nitrogens with one attached hydrogen (secondary N) is 4. The molecule has 0 bridgehead atoms. The number of hydrogen-bond acceptors (Lipinski definition) is 5. The molecule has 1 amide bonds. The zero-order valence-electron chi connectivity index (χ0n) is 13.8. The Balaban J connectivity index is 1.59. The van der Waals surface area contributed by atoms with Crippen LogP contribution in [0.2, 0.25) is 0 Å². The highest BCUT2D eigenvalue weighted by Gasteiger charge is 2.27. The second-order valence-corrected chi connectivity index (χ2v) is 5.82. The van der Waals surface area contributed by atoms with Crippen molar-refractivity contribution in [3.05, 3.63) is 59.7 Å². The summed E-state index contributed by atoms with van der Waals surface area (Å²) in [4.78, 5) is 12.3. The molecule has 1 aliphatic heterocycles. The number of hydrazine groups is 1. The summed E-state index contributed by atoms with van der Waals surface area (Å²) in [6.45, 7) is 2.05. The predicted octanol–water partition coefficient (Wildman–Crippen LogP) is 1.53. The first kappa shape index (κ1) is 16.3. The van der Waals surface area contributed by atoms with Crippen molar-refractivity contribution in [3.8, 4) is 5.75 Å². The van der Waals surface area contributed by atoms with E-state index < -0.39 is 6.29 Å². The standard InChI is InChI=1S/C18H22N4O2/c1-12-7-9-13(10-8-12)11-15-17(23)20-18(22-21-15)19-14-5-3-4-6-16(14)24-2/h3-10,15,18-19,21-22H,11H2,1-2H3,(H,20,23). The van der Waals surface area contributed by atoms with E-state index in [4.69, 9.17) is 4.74 Å². The smallest absolute Gasteiger partial charge is 0.241 e. The van der Waals surface area contributed by atoms with Crippen LogP contribution in [0.1, 0.15) is 11.1 Å². The number of aryl methyl sites for hydroxylation is 1. The van der Waals surface area contributed by atoms with Crippen LogP contribution in [0.4, 0.5) is 5.69 Å². The number of amides is 1. The van der Waals surface area contributed by atoms with E-state index in [0.29, 0.717) is 6.42 Å². The van der Waals surface area contributed by atoms with E-state index in [2.05, 4.69) is 33.6 Å². The van der Waals surface area contributed by atoms with Gasteiger partial charge >= 0.3 is 0 Å². The maximum absolute atomic E-state index is 12.3. The van der Waals surface area contributed by atoms with Gasteiger partial charge in [-0.05, 0) is 31.0 Å². The number of methoxy groups -OCH3 is 1. The van der Waals surface area contributed by atoms with Gasteiger partial charge in [-0.1, -0.05) is 42.0 Å². The molecule has 6 heteroatoms. The molecule has 0 radical (unpaired) electrons. The Hall–Kier alpha value is -2.57. The Morgan fingerprint density at radius 1 is 1.08 bits per heavy atom. The van der Waals surface area contributed by atoms with E-state index in [0.717, 1.165) is 17.0 Å². The number of carbonyl (C=O) groups is 1. The van der Waals surface area contributed by atoms with Crippen molar-refractivity contribution in [2.45, 2.75) is 25.7 Å². The minimum absolute atomic E-state index is 0.0540. The zero-order chi connectivity index (χ0) is 16.9. The highest BCUT2D eigenvalue weighted by molar-refractivity contribution is 5.83. The molecule has 24 heavy (non-hydrogen) atoms. The average molecular weight is 326 g/mol. The topological polar surface area (TPSA) is 74.4 Å². The van der Waals surface area contributed by atoms with Crippen molar-refractivity contribution in [3.63, 3.8) is 0 Å². The zero-order valence-corrected chi connectivity index (χ0v) is 13.8. The van der Waals surface area contributed by atoms with Gasteiger partial charge in [-0.2, -0.15) is 0 Å². The Morgan fingerprint density at radius 3 is 2.54 bits per heavy atom. The fourth-order valence-electron chi connectivity index (χ4n) is 2.62. The monoisotopic (exact) mass is 326 g/mol. The molecule has 3 rings (SSSR count). The third kappa shape index (κ3) is 3.84. The van der Waals surface area contributed by atoms with Crippen molar-refractivity contribution < 1.29 is 9.53 Å². The summed E-state index contributed by atoms with van der Waals surface area (Å²) < 4.78 is 5.30. The van der Waals surface area contributed by atoms with E-state index in [1.54, 1.807) is 7.11 Å². The van der Waals surface area contributed by atoms with Crippen molar-refractivity contribution in [1.29, 1.82) is 0 Å². The van der Waals surface area contributed by atoms with E-state index in [-0.39, 0.29) is 11.9 Å². The van der Waals surface area contributed by atoms with Gasteiger partial charge in [0, 0.05) is 0 Å². The molecule has 2 unspecified atom stereocenters. The number of rotatable bonds is 5. The number of benzene rings is 2. The lowest BCUT2D eigenvalue weighted by atomic mass is 10.0. The molecule has 2 atom stereocenters. The molecule has 2 aromatic carbocycles. The highest BCUT2D eigenvalue weighted by Crippen LogP contribution is 2.23.